The number of carbonyl (C=O) groups excluding carboxylic acids is 1. The number of aromatic nitrogens is 2. The van der Waals surface area contributed by atoms with Gasteiger partial charge in [-0.1, -0.05) is 20.3 Å². The highest BCUT2D eigenvalue weighted by Crippen LogP contribution is 2.27. The number of aryl methyl sites for hydroxylation is 2. The molecular formula is C14H22BrN3O. The molecule has 1 atom stereocenters. The first-order chi connectivity index (χ1) is 9.06. The van der Waals surface area contributed by atoms with Crippen LogP contribution in [0.1, 0.15) is 44.5 Å². The van der Waals surface area contributed by atoms with Gasteiger partial charge in [-0.3, -0.25) is 9.48 Å². The third-order valence-corrected chi connectivity index (χ3v) is 4.75. The Morgan fingerprint density at radius 1 is 1.42 bits per heavy atom. The highest BCUT2D eigenvalue weighted by atomic mass is 79.9. The summed E-state index contributed by atoms with van der Waals surface area (Å²) in [6.45, 7) is 5.84. The van der Waals surface area contributed by atoms with E-state index >= 15 is 0 Å². The third kappa shape index (κ3) is 3.02. The van der Waals surface area contributed by atoms with Gasteiger partial charge in [0.15, 0.2) is 0 Å². The van der Waals surface area contributed by atoms with Crippen LogP contribution in [0.4, 0.5) is 0 Å². The average molecular weight is 328 g/mol. The summed E-state index contributed by atoms with van der Waals surface area (Å²) in [4.78, 5) is 14.0. The maximum Gasteiger partial charge on any atom is 0.223 e. The molecule has 2 rings (SSSR count). The lowest BCUT2D eigenvalue weighted by Crippen LogP contribution is -2.26. The molecule has 1 unspecified atom stereocenters. The number of hydrogen-bond donors (Lipinski definition) is 0. The summed E-state index contributed by atoms with van der Waals surface area (Å²) in [5.74, 6) is 0.819. The second kappa shape index (κ2) is 6.07. The Labute approximate surface area is 123 Å². The van der Waals surface area contributed by atoms with Gasteiger partial charge in [0.2, 0.25) is 5.91 Å². The number of rotatable bonds is 5. The first-order valence-corrected chi connectivity index (χ1v) is 7.84. The monoisotopic (exact) mass is 327 g/mol. The summed E-state index contributed by atoms with van der Waals surface area (Å²) in [5.41, 5.74) is 2.16. The number of hydrogen-bond acceptors (Lipinski definition) is 2. The fourth-order valence-electron chi connectivity index (χ4n) is 2.78. The number of carbonyl (C=O) groups is 1. The van der Waals surface area contributed by atoms with Crippen LogP contribution in [0.25, 0.3) is 0 Å². The molecule has 1 aliphatic rings. The van der Waals surface area contributed by atoms with E-state index in [4.69, 9.17) is 0 Å². The molecule has 1 saturated heterocycles. The average Bonchev–Trinajstić information content (AvgIpc) is 2.84. The Bertz CT molecular complexity index is 470. The van der Waals surface area contributed by atoms with Crippen LogP contribution in [0.3, 0.4) is 0 Å². The predicted octanol–water partition coefficient (Wildman–Crippen LogP) is 2.89. The summed E-state index contributed by atoms with van der Waals surface area (Å²) in [6.07, 6.45) is 3.92. The molecule has 5 heteroatoms. The van der Waals surface area contributed by atoms with Crippen molar-refractivity contribution in [3.63, 3.8) is 0 Å². The van der Waals surface area contributed by atoms with Gasteiger partial charge in [-0.2, -0.15) is 5.10 Å². The van der Waals surface area contributed by atoms with Crippen LogP contribution in [0.15, 0.2) is 4.47 Å². The Morgan fingerprint density at radius 2 is 2.16 bits per heavy atom. The van der Waals surface area contributed by atoms with E-state index in [-0.39, 0.29) is 5.91 Å². The van der Waals surface area contributed by atoms with Crippen molar-refractivity contribution in [1.29, 1.82) is 0 Å². The van der Waals surface area contributed by atoms with Crippen LogP contribution in [-0.4, -0.2) is 27.1 Å². The van der Waals surface area contributed by atoms with Crippen LogP contribution in [0.5, 0.6) is 0 Å². The van der Waals surface area contributed by atoms with E-state index in [1.165, 1.54) is 0 Å². The lowest BCUT2D eigenvalue weighted by molar-refractivity contribution is -0.128. The van der Waals surface area contributed by atoms with E-state index in [1.807, 2.05) is 16.6 Å². The molecule has 0 saturated carbocycles. The van der Waals surface area contributed by atoms with Gasteiger partial charge >= 0.3 is 0 Å². The highest BCUT2D eigenvalue weighted by molar-refractivity contribution is 9.10. The summed E-state index contributed by atoms with van der Waals surface area (Å²) in [6, 6.07) is 0. The predicted molar refractivity (Wildman–Crippen MR) is 78.7 cm³/mol. The van der Waals surface area contributed by atoms with Gasteiger partial charge < -0.3 is 4.90 Å². The SMILES string of the molecule is CCCC1CC(=O)N(Cc2c(Br)c(CC)nn2C)C1. The summed E-state index contributed by atoms with van der Waals surface area (Å²) >= 11 is 3.61. The largest absolute Gasteiger partial charge is 0.336 e. The third-order valence-electron chi connectivity index (χ3n) is 3.84. The van der Waals surface area contributed by atoms with E-state index in [0.29, 0.717) is 18.9 Å². The van der Waals surface area contributed by atoms with E-state index in [1.54, 1.807) is 0 Å². The second-order valence-electron chi connectivity index (χ2n) is 5.32. The van der Waals surface area contributed by atoms with Gasteiger partial charge in [-0.25, -0.2) is 0 Å². The molecule has 1 amide bonds. The van der Waals surface area contributed by atoms with Crippen LogP contribution < -0.4 is 0 Å². The Kier molecular flexibility index (Phi) is 4.66. The Morgan fingerprint density at radius 3 is 2.74 bits per heavy atom. The van der Waals surface area contributed by atoms with Gasteiger partial charge in [0.1, 0.15) is 0 Å². The van der Waals surface area contributed by atoms with Gasteiger partial charge in [0.25, 0.3) is 0 Å². The quantitative estimate of drug-likeness (QED) is 0.834. The number of halogens is 1. The molecular weight excluding hydrogens is 306 g/mol. The van der Waals surface area contributed by atoms with Crippen molar-refractivity contribution < 1.29 is 4.79 Å². The normalized spacial score (nSPS) is 19.5. The second-order valence-corrected chi connectivity index (χ2v) is 6.11. The van der Waals surface area contributed by atoms with Crippen molar-refractivity contribution in [2.45, 2.75) is 46.1 Å². The number of likely N-dealkylation sites (tertiary alicyclic amines) is 1. The van der Waals surface area contributed by atoms with Crippen molar-refractivity contribution >= 4 is 21.8 Å². The summed E-state index contributed by atoms with van der Waals surface area (Å²) in [5, 5.41) is 4.48. The smallest absolute Gasteiger partial charge is 0.223 e. The van der Waals surface area contributed by atoms with Crippen LogP contribution >= 0.6 is 15.9 Å². The molecule has 1 aromatic heterocycles. The lowest BCUT2D eigenvalue weighted by atomic mass is 10.0. The first-order valence-electron chi connectivity index (χ1n) is 7.04. The van der Waals surface area contributed by atoms with Crippen LogP contribution in [0.2, 0.25) is 0 Å². The van der Waals surface area contributed by atoms with Gasteiger partial charge in [0, 0.05) is 20.0 Å². The minimum atomic E-state index is 0.282. The summed E-state index contributed by atoms with van der Waals surface area (Å²) in [7, 11) is 1.95. The molecule has 4 nitrogen and oxygen atoms in total. The van der Waals surface area contributed by atoms with E-state index < -0.39 is 0 Å². The van der Waals surface area contributed by atoms with Gasteiger partial charge in [0.05, 0.1) is 22.4 Å². The topological polar surface area (TPSA) is 38.1 Å². The fourth-order valence-corrected chi connectivity index (χ4v) is 3.52. The standard InChI is InChI=1S/C14H22BrN3O/c1-4-6-10-7-13(19)18(8-10)9-12-14(15)11(5-2)16-17(12)3/h10H,4-9H2,1-3H3. The molecule has 0 radical (unpaired) electrons. The maximum atomic E-state index is 12.0. The van der Waals surface area contributed by atoms with Gasteiger partial charge in [-0.15, -0.1) is 0 Å². The number of amides is 1. The molecule has 0 spiro atoms. The van der Waals surface area contributed by atoms with Crippen LogP contribution in [-0.2, 0) is 24.8 Å². The van der Waals surface area contributed by atoms with E-state index in [9.17, 15) is 4.79 Å². The molecule has 0 aliphatic carbocycles. The minimum absolute atomic E-state index is 0.282. The van der Waals surface area contributed by atoms with Crippen molar-refractivity contribution in [3.05, 3.63) is 15.9 Å². The van der Waals surface area contributed by atoms with Gasteiger partial charge in [-0.05, 0) is 34.7 Å². The highest BCUT2D eigenvalue weighted by Gasteiger charge is 2.30. The first kappa shape index (κ1) is 14.6. The van der Waals surface area contributed by atoms with Crippen molar-refractivity contribution in [2.75, 3.05) is 6.54 Å². The van der Waals surface area contributed by atoms with Crippen molar-refractivity contribution in [2.24, 2.45) is 13.0 Å². The molecule has 0 N–H and O–H groups in total. The molecule has 0 bridgehead atoms. The minimum Gasteiger partial charge on any atom is -0.336 e. The van der Waals surface area contributed by atoms with Crippen LogP contribution in [0, 0.1) is 5.92 Å². The summed E-state index contributed by atoms with van der Waals surface area (Å²) < 4.78 is 2.95. The Hall–Kier alpha value is -0.840. The lowest BCUT2D eigenvalue weighted by Gasteiger charge is -2.17. The zero-order valence-corrected chi connectivity index (χ0v) is 13.5. The van der Waals surface area contributed by atoms with Crippen molar-refractivity contribution in [3.8, 4) is 0 Å². The van der Waals surface area contributed by atoms with E-state index in [2.05, 4.69) is 34.9 Å². The molecule has 1 aromatic rings. The Balaban J connectivity index is 2.09. The maximum absolute atomic E-state index is 12.0. The zero-order chi connectivity index (χ0) is 14.0. The molecule has 19 heavy (non-hydrogen) atoms. The molecule has 1 aliphatic heterocycles. The molecule has 106 valence electrons. The fraction of sp³-hybridized carbons (Fsp3) is 0.714. The molecule has 1 fully saturated rings. The zero-order valence-electron chi connectivity index (χ0n) is 11.9. The van der Waals surface area contributed by atoms with Crippen molar-refractivity contribution in [1.82, 2.24) is 14.7 Å². The number of nitrogens with zero attached hydrogens (tertiary/aromatic N) is 3. The molecule has 0 aromatic carbocycles. The molecule has 2 heterocycles. The van der Waals surface area contributed by atoms with E-state index in [0.717, 1.165) is 41.7 Å².